The summed E-state index contributed by atoms with van der Waals surface area (Å²) in [7, 11) is -3.63. The predicted octanol–water partition coefficient (Wildman–Crippen LogP) is 2.44. The minimum atomic E-state index is -4.64. The molecule has 2 aromatic rings. The van der Waals surface area contributed by atoms with Crippen LogP contribution in [-0.4, -0.2) is 39.8 Å². The highest BCUT2D eigenvalue weighted by Gasteiger charge is 2.44. The van der Waals surface area contributed by atoms with E-state index in [1.807, 2.05) is 0 Å². The van der Waals surface area contributed by atoms with E-state index in [1.54, 1.807) is 37.3 Å². The normalized spacial score (nSPS) is 19.0. The molecule has 0 saturated carbocycles. The lowest BCUT2D eigenvalue weighted by atomic mass is 10.0. The van der Waals surface area contributed by atoms with Crippen molar-refractivity contribution in [2.75, 3.05) is 12.3 Å². The second-order valence-corrected chi connectivity index (χ2v) is 7.81. The molecule has 0 spiro atoms. The van der Waals surface area contributed by atoms with Crippen molar-refractivity contribution in [3.05, 3.63) is 47.5 Å². The maximum Gasteiger partial charge on any atom is 0.451 e. The molecule has 25 heavy (non-hydrogen) atoms. The van der Waals surface area contributed by atoms with Crippen LogP contribution in [-0.2, 0) is 22.7 Å². The quantitative estimate of drug-likeness (QED) is 0.824. The van der Waals surface area contributed by atoms with Crippen molar-refractivity contribution in [1.82, 2.24) is 19.1 Å². The molecule has 1 aliphatic rings. The zero-order chi connectivity index (χ0) is 18.2. The first-order valence-electron chi connectivity index (χ1n) is 7.80. The van der Waals surface area contributed by atoms with Gasteiger partial charge in [-0.25, -0.2) is 8.42 Å². The number of hydrogen-bond acceptors (Lipinski definition) is 4. The minimum Gasteiger partial charge on any atom is -0.304 e. The summed E-state index contributed by atoms with van der Waals surface area (Å²) in [4.78, 5) is 0. The first-order valence-corrected chi connectivity index (χ1v) is 9.41. The van der Waals surface area contributed by atoms with E-state index in [0.29, 0.717) is 12.0 Å². The van der Waals surface area contributed by atoms with E-state index < -0.39 is 28.1 Å². The maximum atomic E-state index is 13.1. The highest BCUT2D eigenvalue weighted by Crippen LogP contribution is 2.37. The van der Waals surface area contributed by atoms with Crippen molar-refractivity contribution in [3.63, 3.8) is 0 Å². The Kier molecular flexibility index (Phi) is 4.58. The monoisotopic (exact) mass is 374 g/mol. The fourth-order valence-electron chi connectivity index (χ4n) is 3.03. The lowest BCUT2D eigenvalue weighted by Crippen LogP contribution is -2.44. The molecule has 1 aliphatic heterocycles. The number of hydrogen-bond donors (Lipinski definition) is 0. The van der Waals surface area contributed by atoms with E-state index in [1.165, 1.54) is 4.31 Å². The smallest absolute Gasteiger partial charge is 0.304 e. The number of rotatable bonds is 4. The third-order valence-electron chi connectivity index (χ3n) is 4.04. The van der Waals surface area contributed by atoms with E-state index >= 15 is 0 Å². The Bertz CT molecular complexity index is 849. The molecule has 0 saturated heterocycles. The van der Waals surface area contributed by atoms with Crippen LogP contribution in [0.4, 0.5) is 13.2 Å². The van der Waals surface area contributed by atoms with Crippen LogP contribution >= 0.6 is 0 Å². The van der Waals surface area contributed by atoms with Gasteiger partial charge >= 0.3 is 6.18 Å². The Balaban J connectivity index is 2.15. The van der Waals surface area contributed by atoms with Crippen molar-refractivity contribution < 1.29 is 21.6 Å². The summed E-state index contributed by atoms with van der Waals surface area (Å²) in [5.74, 6) is -1.18. The average Bonchev–Trinajstić information content (AvgIpc) is 2.99. The average molecular weight is 374 g/mol. The van der Waals surface area contributed by atoms with Crippen molar-refractivity contribution in [1.29, 1.82) is 0 Å². The van der Waals surface area contributed by atoms with Gasteiger partial charge in [-0.05, 0) is 12.0 Å². The third kappa shape index (κ3) is 3.28. The zero-order valence-corrected chi connectivity index (χ0v) is 14.3. The summed E-state index contributed by atoms with van der Waals surface area (Å²) in [5, 5.41) is 6.97. The molecule has 0 bridgehead atoms. The van der Waals surface area contributed by atoms with Crippen molar-refractivity contribution in [2.24, 2.45) is 0 Å². The van der Waals surface area contributed by atoms with Gasteiger partial charge in [0.25, 0.3) is 0 Å². The Labute approximate surface area is 143 Å². The van der Waals surface area contributed by atoms with Gasteiger partial charge in [-0.3, -0.25) is 0 Å². The Hall–Kier alpha value is -1.94. The number of nitrogens with zero attached hydrogens (tertiary/aromatic N) is 4. The van der Waals surface area contributed by atoms with Gasteiger partial charge in [0, 0.05) is 13.1 Å². The summed E-state index contributed by atoms with van der Waals surface area (Å²) >= 11 is 0. The SMILES string of the molecule is CCCS(=O)(=O)N1CCn2c(nnc2C(F)(F)F)C1c1ccccc1. The molecular formula is C15H17F3N4O2S. The standard InChI is InChI=1S/C15H17F3N4O2S/c1-2-10-25(23,24)22-9-8-21-13(19-20-14(21)15(16,17)18)12(22)11-6-4-3-5-7-11/h3-7,12H,2,8-10H2,1H3. The number of alkyl halides is 3. The van der Waals surface area contributed by atoms with Gasteiger partial charge in [0.1, 0.15) is 6.04 Å². The van der Waals surface area contributed by atoms with Gasteiger partial charge < -0.3 is 4.57 Å². The van der Waals surface area contributed by atoms with Crippen molar-refractivity contribution >= 4 is 10.0 Å². The molecule has 0 N–H and O–H groups in total. The summed E-state index contributed by atoms with van der Waals surface area (Å²) < 4.78 is 66.9. The van der Waals surface area contributed by atoms with E-state index in [9.17, 15) is 21.6 Å². The van der Waals surface area contributed by atoms with Crippen LogP contribution in [0.3, 0.4) is 0 Å². The van der Waals surface area contributed by atoms with E-state index in [4.69, 9.17) is 0 Å². The van der Waals surface area contributed by atoms with Crippen LogP contribution in [0.25, 0.3) is 0 Å². The molecule has 1 unspecified atom stereocenters. The van der Waals surface area contributed by atoms with E-state index in [-0.39, 0.29) is 24.7 Å². The third-order valence-corrected chi connectivity index (χ3v) is 6.08. The maximum absolute atomic E-state index is 13.1. The van der Waals surface area contributed by atoms with Crippen LogP contribution in [0.2, 0.25) is 0 Å². The van der Waals surface area contributed by atoms with Gasteiger partial charge in [-0.2, -0.15) is 17.5 Å². The molecule has 6 nitrogen and oxygen atoms in total. The summed E-state index contributed by atoms with van der Waals surface area (Å²) in [6.45, 7) is 1.54. The molecule has 1 aromatic carbocycles. The fourth-order valence-corrected chi connectivity index (χ4v) is 4.68. The van der Waals surface area contributed by atoms with E-state index in [2.05, 4.69) is 10.2 Å². The molecular weight excluding hydrogens is 357 g/mol. The molecule has 0 aliphatic carbocycles. The number of sulfonamides is 1. The van der Waals surface area contributed by atoms with Crippen LogP contribution in [0.15, 0.2) is 30.3 Å². The zero-order valence-electron chi connectivity index (χ0n) is 13.4. The molecule has 1 aromatic heterocycles. The Morgan fingerprint density at radius 1 is 1.16 bits per heavy atom. The lowest BCUT2D eigenvalue weighted by Gasteiger charge is -2.35. The van der Waals surface area contributed by atoms with Gasteiger partial charge in [-0.15, -0.1) is 10.2 Å². The van der Waals surface area contributed by atoms with Gasteiger partial charge in [0.15, 0.2) is 5.82 Å². The van der Waals surface area contributed by atoms with Crippen LogP contribution < -0.4 is 0 Å². The Morgan fingerprint density at radius 2 is 1.84 bits per heavy atom. The highest BCUT2D eigenvalue weighted by atomic mass is 32.2. The Morgan fingerprint density at radius 3 is 2.44 bits per heavy atom. The molecule has 2 heterocycles. The first-order chi connectivity index (χ1) is 11.8. The molecule has 136 valence electrons. The van der Waals surface area contributed by atoms with Crippen LogP contribution in [0.5, 0.6) is 0 Å². The number of benzene rings is 1. The van der Waals surface area contributed by atoms with Crippen LogP contribution in [0, 0.1) is 0 Å². The lowest BCUT2D eigenvalue weighted by molar-refractivity contribution is -0.147. The van der Waals surface area contributed by atoms with E-state index in [0.717, 1.165) is 4.57 Å². The van der Waals surface area contributed by atoms with Gasteiger partial charge in [0.05, 0.1) is 5.75 Å². The molecule has 0 fully saturated rings. The topological polar surface area (TPSA) is 68.1 Å². The largest absolute Gasteiger partial charge is 0.451 e. The molecule has 0 radical (unpaired) electrons. The van der Waals surface area contributed by atoms with Gasteiger partial charge in [0.2, 0.25) is 15.8 Å². The number of fused-ring (bicyclic) bond motifs is 1. The van der Waals surface area contributed by atoms with Crippen molar-refractivity contribution in [2.45, 2.75) is 32.1 Å². The minimum absolute atomic E-state index is 0.00977. The van der Waals surface area contributed by atoms with Crippen molar-refractivity contribution in [3.8, 4) is 0 Å². The number of aromatic nitrogens is 3. The summed E-state index contributed by atoms with van der Waals surface area (Å²) in [6.07, 6.45) is -4.22. The second-order valence-electron chi connectivity index (χ2n) is 5.77. The molecule has 3 rings (SSSR count). The molecule has 1 atom stereocenters. The first kappa shape index (κ1) is 17.9. The predicted molar refractivity (Wildman–Crippen MR) is 84.1 cm³/mol. The second kappa shape index (κ2) is 6.41. The fraction of sp³-hybridized carbons (Fsp3) is 0.467. The van der Waals surface area contributed by atoms with Crippen LogP contribution in [0.1, 0.15) is 36.6 Å². The molecule has 0 amide bonds. The summed E-state index contributed by atoms with van der Waals surface area (Å²) in [6, 6.07) is 7.60. The number of halogens is 3. The molecule has 10 heteroatoms. The van der Waals surface area contributed by atoms with Gasteiger partial charge in [-0.1, -0.05) is 37.3 Å². The highest BCUT2D eigenvalue weighted by molar-refractivity contribution is 7.89. The summed E-state index contributed by atoms with van der Waals surface area (Å²) in [5.41, 5.74) is 0.559.